The largest absolute Gasteiger partial charge is 0.314 e. The van der Waals surface area contributed by atoms with Crippen molar-refractivity contribution in [3.05, 3.63) is 59.0 Å². The zero-order valence-electron chi connectivity index (χ0n) is 9.42. The molecule has 4 heteroatoms. The van der Waals surface area contributed by atoms with Gasteiger partial charge in [0.2, 0.25) is 6.29 Å². The molecule has 18 heavy (non-hydrogen) atoms. The van der Waals surface area contributed by atoms with Crippen molar-refractivity contribution in [3.63, 3.8) is 0 Å². The Morgan fingerprint density at radius 2 is 2.06 bits per heavy atom. The first-order chi connectivity index (χ1) is 8.81. The maximum absolute atomic E-state index is 12.1. The zero-order chi connectivity index (χ0) is 12.8. The molecule has 1 heterocycles. The first-order valence-corrected chi connectivity index (χ1v) is 6.17. The first-order valence-electron chi connectivity index (χ1n) is 5.29. The average molecular weight is 256 g/mol. The summed E-state index contributed by atoms with van der Waals surface area (Å²) >= 11 is 1.46. The maximum Gasteiger partial charge on any atom is 0.256 e. The van der Waals surface area contributed by atoms with Crippen LogP contribution in [-0.4, -0.2) is 12.2 Å². The SMILES string of the molecule is O=[C]/C=C/c1ccccc1C(=O)Nc1cccs1. The summed E-state index contributed by atoms with van der Waals surface area (Å²) in [6.45, 7) is 0. The highest BCUT2D eigenvalue weighted by atomic mass is 32.1. The standard InChI is InChI=1S/C14H10NO2S/c16-9-3-6-11-5-1-2-7-12(11)14(17)15-13-8-4-10-18-13/h1-8,10H,(H,15,17)/b6-3+. The quantitative estimate of drug-likeness (QED) is 0.854. The monoisotopic (exact) mass is 256 g/mol. The smallest absolute Gasteiger partial charge is 0.256 e. The fourth-order valence-corrected chi connectivity index (χ4v) is 2.11. The van der Waals surface area contributed by atoms with Crippen LogP contribution < -0.4 is 5.32 Å². The highest BCUT2D eigenvalue weighted by molar-refractivity contribution is 7.14. The summed E-state index contributed by atoms with van der Waals surface area (Å²) in [5.74, 6) is -0.191. The fraction of sp³-hybridized carbons (Fsp3) is 0. The molecular weight excluding hydrogens is 246 g/mol. The molecule has 1 amide bonds. The number of nitrogens with one attached hydrogen (secondary N) is 1. The molecule has 0 unspecified atom stereocenters. The van der Waals surface area contributed by atoms with Crippen molar-refractivity contribution in [2.45, 2.75) is 0 Å². The normalized spacial score (nSPS) is 10.4. The Morgan fingerprint density at radius 1 is 1.22 bits per heavy atom. The summed E-state index contributed by atoms with van der Waals surface area (Å²) in [6.07, 6.45) is 4.48. The van der Waals surface area contributed by atoms with E-state index in [1.165, 1.54) is 17.4 Å². The van der Waals surface area contributed by atoms with Gasteiger partial charge in [0, 0.05) is 5.56 Å². The highest BCUT2D eigenvalue weighted by Crippen LogP contribution is 2.18. The van der Waals surface area contributed by atoms with Gasteiger partial charge < -0.3 is 5.32 Å². The number of allylic oxidation sites excluding steroid dienone is 1. The summed E-state index contributed by atoms with van der Waals surface area (Å²) in [6, 6.07) is 10.8. The minimum Gasteiger partial charge on any atom is -0.314 e. The molecular formula is C14H10NO2S. The second-order valence-electron chi connectivity index (χ2n) is 3.47. The van der Waals surface area contributed by atoms with Gasteiger partial charge in [0.05, 0.1) is 5.00 Å². The number of rotatable bonds is 4. The van der Waals surface area contributed by atoms with Gasteiger partial charge in [-0.05, 0) is 35.2 Å². The highest BCUT2D eigenvalue weighted by Gasteiger charge is 2.09. The van der Waals surface area contributed by atoms with Gasteiger partial charge in [-0.2, -0.15) is 0 Å². The second kappa shape index (κ2) is 5.93. The summed E-state index contributed by atoms with van der Waals surface area (Å²) in [4.78, 5) is 22.3. The van der Waals surface area contributed by atoms with E-state index < -0.39 is 0 Å². The molecule has 0 saturated heterocycles. The molecule has 0 fully saturated rings. The predicted octanol–water partition coefficient (Wildman–Crippen LogP) is 3.12. The van der Waals surface area contributed by atoms with Crippen molar-refractivity contribution < 1.29 is 9.59 Å². The van der Waals surface area contributed by atoms with E-state index in [1.807, 2.05) is 23.6 Å². The van der Waals surface area contributed by atoms with Crippen molar-refractivity contribution in [1.29, 1.82) is 0 Å². The summed E-state index contributed by atoms with van der Waals surface area (Å²) < 4.78 is 0. The van der Waals surface area contributed by atoms with Crippen molar-refractivity contribution in [3.8, 4) is 0 Å². The lowest BCUT2D eigenvalue weighted by Gasteiger charge is -2.05. The van der Waals surface area contributed by atoms with Crippen molar-refractivity contribution >= 4 is 34.6 Å². The van der Waals surface area contributed by atoms with Crippen molar-refractivity contribution in [2.75, 3.05) is 5.32 Å². The minimum absolute atomic E-state index is 0.191. The van der Waals surface area contributed by atoms with E-state index in [1.54, 1.807) is 30.6 Å². The van der Waals surface area contributed by atoms with Crippen LogP contribution in [0.25, 0.3) is 6.08 Å². The van der Waals surface area contributed by atoms with E-state index in [2.05, 4.69) is 5.32 Å². The number of hydrogen-bond acceptors (Lipinski definition) is 3. The molecule has 1 aromatic carbocycles. The molecule has 0 aliphatic carbocycles. The third-order valence-electron chi connectivity index (χ3n) is 2.29. The third-order valence-corrected chi connectivity index (χ3v) is 3.08. The Kier molecular flexibility index (Phi) is 4.04. The van der Waals surface area contributed by atoms with Crippen LogP contribution in [0.4, 0.5) is 5.00 Å². The van der Waals surface area contributed by atoms with Crippen LogP contribution in [0.5, 0.6) is 0 Å². The number of thiophene rings is 1. The van der Waals surface area contributed by atoms with Gasteiger partial charge in [-0.15, -0.1) is 11.3 Å². The van der Waals surface area contributed by atoms with Crippen LogP contribution in [0.3, 0.4) is 0 Å². The van der Waals surface area contributed by atoms with Gasteiger partial charge in [0.25, 0.3) is 5.91 Å². The molecule has 0 atom stereocenters. The molecule has 2 aromatic rings. The van der Waals surface area contributed by atoms with Gasteiger partial charge in [0.15, 0.2) is 0 Å². The number of amides is 1. The molecule has 0 aliphatic heterocycles. The lowest BCUT2D eigenvalue weighted by atomic mass is 10.1. The number of carbonyl (C=O) groups excluding carboxylic acids is 2. The van der Waals surface area contributed by atoms with Crippen molar-refractivity contribution in [1.82, 2.24) is 0 Å². The zero-order valence-corrected chi connectivity index (χ0v) is 10.2. The Morgan fingerprint density at radius 3 is 2.78 bits per heavy atom. The van der Waals surface area contributed by atoms with Crippen LogP contribution in [0, 0.1) is 0 Å². The van der Waals surface area contributed by atoms with Gasteiger partial charge in [-0.3, -0.25) is 9.59 Å². The Balaban J connectivity index is 2.24. The lowest BCUT2D eigenvalue weighted by Crippen LogP contribution is -2.12. The molecule has 2 rings (SSSR count). The fourth-order valence-electron chi connectivity index (χ4n) is 1.50. The van der Waals surface area contributed by atoms with Gasteiger partial charge in [0.1, 0.15) is 0 Å². The minimum atomic E-state index is -0.191. The van der Waals surface area contributed by atoms with Gasteiger partial charge in [-0.25, -0.2) is 0 Å². The summed E-state index contributed by atoms with van der Waals surface area (Å²) in [7, 11) is 0. The van der Waals surface area contributed by atoms with Crippen LogP contribution in [0.15, 0.2) is 47.9 Å². The van der Waals surface area contributed by atoms with Crippen molar-refractivity contribution in [2.24, 2.45) is 0 Å². The molecule has 0 aliphatic rings. The van der Waals surface area contributed by atoms with Crippen LogP contribution in [-0.2, 0) is 4.79 Å². The summed E-state index contributed by atoms with van der Waals surface area (Å²) in [5.41, 5.74) is 1.22. The molecule has 0 spiro atoms. The number of hydrogen-bond donors (Lipinski definition) is 1. The molecule has 89 valence electrons. The van der Waals surface area contributed by atoms with E-state index in [0.717, 1.165) is 5.00 Å². The predicted molar refractivity (Wildman–Crippen MR) is 73.4 cm³/mol. The maximum atomic E-state index is 12.1. The van der Waals surface area contributed by atoms with Crippen LogP contribution in [0.2, 0.25) is 0 Å². The molecule has 1 aromatic heterocycles. The Bertz CT molecular complexity index is 573. The molecule has 1 N–H and O–H groups in total. The summed E-state index contributed by atoms with van der Waals surface area (Å²) in [5, 5.41) is 5.49. The van der Waals surface area contributed by atoms with E-state index in [-0.39, 0.29) is 5.91 Å². The van der Waals surface area contributed by atoms with Gasteiger partial charge >= 0.3 is 0 Å². The second-order valence-corrected chi connectivity index (χ2v) is 4.42. The molecule has 0 bridgehead atoms. The van der Waals surface area contributed by atoms with E-state index in [0.29, 0.717) is 11.1 Å². The molecule has 1 radical (unpaired) electrons. The number of carbonyl (C=O) groups is 1. The molecule has 3 nitrogen and oxygen atoms in total. The average Bonchev–Trinajstić information content (AvgIpc) is 2.89. The Hall–Kier alpha value is -2.20. The first kappa shape index (κ1) is 12.3. The Labute approximate surface area is 109 Å². The third kappa shape index (κ3) is 2.93. The number of anilines is 1. The van der Waals surface area contributed by atoms with Crippen LogP contribution >= 0.6 is 11.3 Å². The number of benzene rings is 1. The van der Waals surface area contributed by atoms with E-state index in [9.17, 15) is 9.59 Å². The van der Waals surface area contributed by atoms with E-state index in [4.69, 9.17) is 0 Å². The van der Waals surface area contributed by atoms with E-state index >= 15 is 0 Å². The lowest BCUT2D eigenvalue weighted by molar-refractivity contribution is 0.102. The topological polar surface area (TPSA) is 46.2 Å². The molecule has 0 saturated carbocycles. The van der Waals surface area contributed by atoms with Crippen LogP contribution in [0.1, 0.15) is 15.9 Å². The van der Waals surface area contributed by atoms with Gasteiger partial charge in [-0.1, -0.05) is 24.3 Å².